The van der Waals surface area contributed by atoms with E-state index in [2.05, 4.69) is 39.8 Å². The van der Waals surface area contributed by atoms with Crippen molar-refractivity contribution >= 4 is 5.71 Å². The molecule has 2 nitrogen and oxygen atoms in total. The maximum atomic E-state index is 5.13. The fourth-order valence-electron chi connectivity index (χ4n) is 9.30. The molecule has 0 N–H and O–H groups in total. The van der Waals surface area contributed by atoms with Crippen LogP contribution in [0.25, 0.3) is 0 Å². The SMILES string of the molecule is CO/N=C1/CC[C@@]2(C)[C@@H](CC[C@@H]3[C@@H]2CC[C@]2(C)[C@@H]([C@H](C)CCCC(C)C)CC[C@@H]32)C1. The van der Waals surface area contributed by atoms with E-state index in [1.807, 2.05) is 0 Å². The molecule has 0 unspecified atom stereocenters. The van der Waals surface area contributed by atoms with Crippen LogP contribution in [0.4, 0.5) is 0 Å². The Morgan fingerprint density at radius 2 is 1.70 bits per heavy atom. The number of rotatable bonds is 6. The van der Waals surface area contributed by atoms with Gasteiger partial charge >= 0.3 is 0 Å². The molecular formula is C28H49NO. The topological polar surface area (TPSA) is 21.6 Å². The molecule has 0 heterocycles. The van der Waals surface area contributed by atoms with Crippen LogP contribution in [0, 0.1) is 52.3 Å². The predicted octanol–water partition coefficient (Wildman–Crippen LogP) is 8.11. The van der Waals surface area contributed by atoms with Crippen LogP contribution in [0.3, 0.4) is 0 Å². The van der Waals surface area contributed by atoms with Gasteiger partial charge in [0.25, 0.3) is 0 Å². The molecular weight excluding hydrogens is 366 g/mol. The lowest BCUT2D eigenvalue weighted by atomic mass is 9.44. The summed E-state index contributed by atoms with van der Waals surface area (Å²) in [5.74, 6) is 6.57. The minimum Gasteiger partial charge on any atom is -0.399 e. The van der Waals surface area contributed by atoms with Crippen molar-refractivity contribution < 1.29 is 4.84 Å². The van der Waals surface area contributed by atoms with Crippen LogP contribution >= 0.6 is 0 Å². The quantitative estimate of drug-likeness (QED) is 0.401. The number of nitrogens with zero attached hydrogens (tertiary/aromatic N) is 1. The smallest absolute Gasteiger partial charge is 0.106 e. The average molecular weight is 416 g/mol. The molecule has 4 aliphatic rings. The molecule has 4 fully saturated rings. The van der Waals surface area contributed by atoms with Gasteiger partial charge in [0.15, 0.2) is 0 Å². The van der Waals surface area contributed by atoms with Crippen molar-refractivity contribution in [2.75, 3.05) is 7.11 Å². The zero-order valence-corrected chi connectivity index (χ0v) is 20.9. The molecule has 4 aliphatic carbocycles. The highest BCUT2D eigenvalue weighted by molar-refractivity contribution is 5.85. The Hall–Kier alpha value is -0.530. The molecule has 0 spiro atoms. The number of hydrogen-bond acceptors (Lipinski definition) is 2. The molecule has 0 aromatic heterocycles. The molecule has 0 aromatic rings. The second-order valence-corrected chi connectivity index (χ2v) is 12.7. The molecule has 0 aliphatic heterocycles. The predicted molar refractivity (Wildman–Crippen MR) is 128 cm³/mol. The Morgan fingerprint density at radius 1 is 0.933 bits per heavy atom. The molecule has 4 saturated carbocycles. The van der Waals surface area contributed by atoms with Gasteiger partial charge in [0, 0.05) is 0 Å². The van der Waals surface area contributed by atoms with E-state index in [4.69, 9.17) is 4.84 Å². The third kappa shape index (κ3) is 3.88. The van der Waals surface area contributed by atoms with Crippen molar-refractivity contribution in [1.29, 1.82) is 0 Å². The Labute approximate surface area is 187 Å². The first kappa shape index (κ1) is 22.7. The Morgan fingerprint density at radius 3 is 2.43 bits per heavy atom. The standard InChI is InChI=1S/C28H49NO/c1-19(2)8-7-9-20(3)24-12-13-25-23-11-10-21-18-22(29-30-6)14-16-27(21,4)26(23)15-17-28(24,25)5/h19-21,23-26H,7-18H2,1-6H3/b29-22-/t20-,21+,23+,24-,25+,26+,27+,28-/m1/s1. The van der Waals surface area contributed by atoms with Gasteiger partial charge in [-0.3, -0.25) is 0 Å². The Bertz CT molecular complexity index is 626. The van der Waals surface area contributed by atoms with Gasteiger partial charge in [0.2, 0.25) is 0 Å². The summed E-state index contributed by atoms with van der Waals surface area (Å²) in [5, 5.41) is 4.36. The van der Waals surface area contributed by atoms with Crippen LogP contribution < -0.4 is 0 Å². The zero-order valence-electron chi connectivity index (χ0n) is 20.9. The van der Waals surface area contributed by atoms with Gasteiger partial charge in [-0.25, -0.2) is 0 Å². The van der Waals surface area contributed by atoms with Crippen molar-refractivity contribution in [2.24, 2.45) is 57.4 Å². The zero-order chi connectivity index (χ0) is 21.5. The number of fused-ring (bicyclic) bond motifs is 5. The normalized spacial score (nSPS) is 45.7. The molecule has 0 bridgehead atoms. The highest BCUT2D eigenvalue weighted by atomic mass is 16.6. The van der Waals surface area contributed by atoms with Crippen LogP contribution in [-0.4, -0.2) is 12.8 Å². The third-order valence-corrected chi connectivity index (χ3v) is 10.9. The van der Waals surface area contributed by atoms with Crippen molar-refractivity contribution in [2.45, 2.75) is 112 Å². The Kier molecular flexibility index (Phi) is 6.63. The molecule has 2 heteroatoms. The summed E-state index contributed by atoms with van der Waals surface area (Å²) in [5.41, 5.74) is 2.51. The second kappa shape index (κ2) is 8.78. The molecule has 172 valence electrons. The highest BCUT2D eigenvalue weighted by Gasteiger charge is 2.60. The minimum atomic E-state index is 0.554. The third-order valence-electron chi connectivity index (χ3n) is 10.9. The molecule has 30 heavy (non-hydrogen) atoms. The lowest BCUT2D eigenvalue weighted by Crippen LogP contribution is -2.53. The molecule has 4 rings (SSSR count). The van der Waals surface area contributed by atoms with E-state index in [0.29, 0.717) is 10.8 Å². The van der Waals surface area contributed by atoms with Gasteiger partial charge in [0.05, 0.1) is 5.71 Å². The summed E-state index contributed by atoms with van der Waals surface area (Å²) in [6, 6.07) is 0. The molecule has 0 amide bonds. The van der Waals surface area contributed by atoms with Gasteiger partial charge in [-0.2, -0.15) is 0 Å². The van der Waals surface area contributed by atoms with Crippen molar-refractivity contribution in [3.8, 4) is 0 Å². The summed E-state index contributed by atoms with van der Waals surface area (Å²) < 4.78 is 0. The second-order valence-electron chi connectivity index (χ2n) is 12.7. The molecule has 0 radical (unpaired) electrons. The van der Waals surface area contributed by atoms with E-state index in [-0.39, 0.29) is 0 Å². The van der Waals surface area contributed by atoms with Crippen LogP contribution in [0.2, 0.25) is 0 Å². The van der Waals surface area contributed by atoms with E-state index >= 15 is 0 Å². The maximum Gasteiger partial charge on any atom is 0.106 e. The van der Waals surface area contributed by atoms with Gasteiger partial charge in [-0.05, 0) is 110 Å². The average Bonchev–Trinajstić information content (AvgIpc) is 3.05. The summed E-state index contributed by atoms with van der Waals surface area (Å²) in [4.78, 5) is 5.13. The highest BCUT2D eigenvalue weighted by Crippen LogP contribution is 2.68. The number of hydrogen-bond donors (Lipinski definition) is 0. The molecule has 8 atom stereocenters. The van der Waals surface area contributed by atoms with E-state index in [9.17, 15) is 0 Å². The fraction of sp³-hybridized carbons (Fsp3) is 0.964. The summed E-state index contributed by atoms with van der Waals surface area (Å²) >= 11 is 0. The number of oxime groups is 1. The van der Waals surface area contributed by atoms with Crippen LogP contribution in [0.15, 0.2) is 5.16 Å². The minimum absolute atomic E-state index is 0.554. The first-order valence-electron chi connectivity index (χ1n) is 13.4. The Balaban J connectivity index is 1.45. The first-order chi connectivity index (χ1) is 14.3. The van der Waals surface area contributed by atoms with Gasteiger partial charge in [-0.1, -0.05) is 59.0 Å². The summed E-state index contributed by atoms with van der Waals surface area (Å²) in [6.07, 6.45) is 17.0. The van der Waals surface area contributed by atoms with Gasteiger partial charge in [-0.15, -0.1) is 0 Å². The molecule has 0 aromatic carbocycles. The van der Waals surface area contributed by atoms with Crippen molar-refractivity contribution in [3.05, 3.63) is 0 Å². The summed E-state index contributed by atoms with van der Waals surface area (Å²) in [7, 11) is 1.71. The molecule has 0 saturated heterocycles. The first-order valence-corrected chi connectivity index (χ1v) is 13.4. The van der Waals surface area contributed by atoms with Crippen LogP contribution in [-0.2, 0) is 4.84 Å². The van der Waals surface area contributed by atoms with Crippen molar-refractivity contribution in [3.63, 3.8) is 0 Å². The lowest BCUT2D eigenvalue weighted by molar-refractivity contribution is -0.105. The van der Waals surface area contributed by atoms with Crippen LogP contribution in [0.5, 0.6) is 0 Å². The fourth-order valence-corrected chi connectivity index (χ4v) is 9.30. The lowest BCUT2D eigenvalue weighted by Gasteiger charge is -2.60. The van der Waals surface area contributed by atoms with Gasteiger partial charge in [0.1, 0.15) is 7.11 Å². The van der Waals surface area contributed by atoms with Gasteiger partial charge < -0.3 is 4.84 Å². The van der Waals surface area contributed by atoms with E-state index in [1.54, 1.807) is 7.11 Å². The van der Waals surface area contributed by atoms with Crippen molar-refractivity contribution in [1.82, 2.24) is 0 Å². The van der Waals surface area contributed by atoms with E-state index < -0.39 is 0 Å². The summed E-state index contributed by atoms with van der Waals surface area (Å²) in [6.45, 7) is 12.8. The van der Waals surface area contributed by atoms with E-state index in [1.165, 1.54) is 82.8 Å². The van der Waals surface area contributed by atoms with E-state index in [0.717, 1.165) is 41.4 Å². The maximum absolute atomic E-state index is 5.13. The largest absolute Gasteiger partial charge is 0.399 e. The van der Waals surface area contributed by atoms with Crippen LogP contribution in [0.1, 0.15) is 112 Å². The monoisotopic (exact) mass is 415 g/mol.